The molecule has 1 aromatic rings. The number of aryl methyl sites for hydroxylation is 2. The zero-order chi connectivity index (χ0) is 14.7. The van der Waals surface area contributed by atoms with Gasteiger partial charge in [0.2, 0.25) is 5.91 Å². The normalized spacial score (nSPS) is 18.8. The van der Waals surface area contributed by atoms with Crippen LogP contribution in [0.25, 0.3) is 0 Å². The number of benzene rings is 1. The first-order valence-corrected chi connectivity index (χ1v) is 7.24. The highest BCUT2D eigenvalue weighted by atomic mass is 16.5. The standard InChI is InChI=1S/C16H24N2O2/c1-11-4-5-15(10-12(11)2)20-14-6-8-18(9-7-14)13(3)16(17)19/h4-5,10,13-14H,6-9H2,1-3H3,(H2,17,19)/t13-/m1/s1. The fourth-order valence-corrected chi connectivity index (χ4v) is 2.54. The van der Waals surface area contributed by atoms with Crippen molar-refractivity contribution in [2.24, 2.45) is 5.73 Å². The van der Waals surface area contributed by atoms with Crippen molar-refractivity contribution in [2.75, 3.05) is 13.1 Å². The summed E-state index contributed by atoms with van der Waals surface area (Å²) >= 11 is 0. The average Bonchev–Trinajstić information content (AvgIpc) is 2.43. The second kappa shape index (κ2) is 6.27. The van der Waals surface area contributed by atoms with Crippen molar-refractivity contribution in [1.29, 1.82) is 0 Å². The van der Waals surface area contributed by atoms with Gasteiger partial charge in [-0.15, -0.1) is 0 Å². The van der Waals surface area contributed by atoms with Gasteiger partial charge in [0.05, 0.1) is 6.04 Å². The molecule has 2 rings (SSSR count). The summed E-state index contributed by atoms with van der Waals surface area (Å²) in [7, 11) is 0. The van der Waals surface area contributed by atoms with Gasteiger partial charge in [-0.05, 0) is 56.9 Å². The zero-order valence-electron chi connectivity index (χ0n) is 12.6. The van der Waals surface area contributed by atoms with Crippen molar-refractivity contribution in [2.45, 2.75) is 45.8 Å². The van der Waals surface area contributed by atoms with Gasteiger partial charge in [0.1, 0.15) is 11.9 Å². The van der Waals surface area contributed by atoms with Crippen LogP contribution in [-0.2, 0) is 4.79 Å². The molecule has 0 bridgehead atoms. The number of hydrogen-bond acceptors (Lipinski definition) is 3. The fourth-order valence-electron chi connectivity index (χ4n) is 2.54. The minimum absolute atomic E-state index is 0.183. The first-order valence-electron chi connectivity index (χ1n) is 7.24. The van der Waals surface area contributed by atoms with Gasteiger partial charge < -0.3 is 10.5 Å². The summed E-state index contributed by atoms with van der Waals surface area (Å²) in [6.45, 7) is 7.79. The lowest BCUT2D eigenvalue weighted by Crippen LogP contribution is -2.48. The van der Waals surface area contributed by atoms with Crippen LogP contribution in [0, 0.1) is 13.8 Å². The molecule has 1 atom stereocenters. The second-order valence-electron chi connectivity index (χ2n) is 5.68. The average molecular weight is 276 g/mol. The molecule has 1 heterocycles. The van der Waals surface area contributed by atoms with E-state index < -0.39 is 0 Å². The Labute approximate surface area is 120 Å². The Morgan fingerprint density at radius 3 is 2.50 bits per heavy atom. The lowest BCUT2D eigenvalue weighted by Gasteiger charge is -2.34. The molecule has 0 unspecified atom stereocenters. The Kier molecular flexibility index (Phi) is 4.65. The Bertz CT molecular complexity index is 479. The number of piperidine rings is 1. The molecule has 110 valence electrons. The van der Waals surface area contributed by atoms with E-state index in [0.717, 1.165) is 31.7 Å². The molecule has 1 saturated heterocycles. The number of nitrogens with two attached hydrogens (primary N) is 1. The van der Waals surface area contributed by atoms with Crippen LogP contribution >= 0.6 is 0 Å². The number of amides is 1. The number of likely N-dealkylation sites (tertiary alicyclic amines) is 1. The quantitative estimate of drug-likeness (QED) is 0.915. The highest BCUT2D eigenvalue weighted by Gasteiger charge is 2.26. The van der Waals surface area contributed by atoms with Crippen LogP contribution in [0.1, 0.15) is 30.9 Å². The van der Waals surface area contributed by atoms with Crippen LogP contribution < -0.4 is 10.5 Å². The molecule has 1 aliphatic rings. The Hall–Kier alpha value is -1.55. The summed E-state index contributed by atoms with van der Waals surface area (Å²) < 4.78 is 6.04. The monoisotopic (exact) mass is 276 g/mol. The number of ether oxygens (including phenoxy) is 1. The van der Waals surface area contributed by atoms with Gasteiger partial charge in [-0.3, -0.25) is 9.69 Å². The lowest BCUT2D eigenvalue weighted by molar-refractivity contribution is -0.123. The van der Waals surface area contributed by atoms with Gasteiger partial charge in [-0.1, -0.05) is 6.07 Å². The number of hydrogen-bond donors (Lipinski definition) is 1. The summed E-state index contributed by atoms with van der Waals surface area (Å²) in [6, 6.07) is 6.03. The van der Waals surface area contributed by atoms with E-state index in [1.165, 1.54) is 11.1 Å². The molecule has 2 N–H and O–H groups in total. The van der Waals surface area contributed by atoms with Crippen molar-refractivity contribution in [3.63, 3.8) is 0 Å². The highest BCUT2D eigenvalue weighted by molar-refractivity contribution is 5.79. The third-order valence-electron chi connectivity index (χ3n) is 4.22. The van der Waals surface area contributed by atoms with Crippen LogP contribution in [0.4, 0.5) is 0 Å². The van der Waals surface area contributed by atoms with E-state index >= 15 is 0 Å². The van der Waals surface area contributed by atoms with Crippen molar-refractivity contribution >= 4 is 5.91 Å². The van der Waals surface area contributed by atoms with Crippen LogP contribution in [0.2, 0.25) is 0 Å². The number of rotatable bonds is 4. The first kappa shape index (κ1) is 14.9. The predicted octanol–water partition coefficient (Wildman–Crippen LogP) is 2.02. The maximum atomic E-state index is 11.2. The highest BCUT2D eigenvalue weighted by Crippen LogP contribution is 2.22. The lowest BCUT2D eigenvalue weighted by atomic mass is 10.1. The minimum Gasteiger partial charge on any atom is -0.490 e. The van der Waals surface area contributed by atoms with Gasteiger partial charge >= 0.3 is 0 Å². The molecule has 4 nitrogen and oxygen atoms in total. The first-order chi connectivity index (χ1) is 9.47. The Balaban J connectivity index is 1.88. The third-order valence-corrected chi connectivity index (χ3v) is 4.22. The topological polar surface area (TPSA) is 55.6 Å². The van der Waals surface area contributed by atoms with E-state index in [-0.39, 0.29) is 18.1 Å². The Morgan fingerprint density at radius 2 is 1.95 bits per heavy atom. The van der Waals surface area contributed by atoms with Crippen LogP contribution in [0.3, 0.4) is 0 Å². The Morgan fingerprint density at radius 1 is 1.30 bits per heavy atom. The van der Waals surface area contributed by atoms with E-state index in [4.69, 9.17) is 10.5 Å². The minimum atomic E-state index is -0.251. The van der Waals surface area contributed by atoms with Gasteiger partial charge in [0.25, 0.3) is 0 Å². The van der Waals surface area contributed by atoms with Gasteiger partial charge in [-0.25, -0.2) is 0 Å². The number of carbonyl (C=O) groups is 1. The van der Waals surface area contributed by atoms with Gasteiger partial charge in [0.15, 0.2) is 0 Å². The molecule has 1 aliphatic heterocycles. The van der Waals surface area contributed by atoms with Crippen molar-refractivity contribution in [1.82, 2.24) is 4.90 Å². The van der Waals surface area contributed by atoms with Crippen molar-refractivity contribution < 1.29 is 9.53 Å². The molecule has 4 heteroatoms. The summed E-state index contributed by atoms with van der Waals surface area (Å²) in [5, 5.41) is 0. The van der Waals surface area contributed by atoms with E-state index in [2.05, 4.69) is 30.9 Å². The third kappa shape index (κ3) is 3.51. The van der Waals surface area contributed by atoms with Gasteiger partial charge in [-0.2, -0.15) is 0 Å². The van der Waals surface area contributed by atoms with E-state index in [1.54, 1.807) is 0 Å². The van der Waals surface area contributed by atoms with Gasteiger partial charge in [0, 0.05) is 13.1 Å². The van der Waals surface area contributed by atoms with Crippen LogP contribution in [0.5, 0.6) is 5.75 Å². The SMILES string of the molecule is Cc1ccc(OC2CCN([C@H](C)C(N)=O)CC2)cc1C. The molecule has 0 spiro atoms. The number of primary amides is 1. The van der Waals surface area contributed by atoms with Crippen LogP contribution in [-0.4, -0.2) is 36.0 Å². The van der Waals surface area contributed by atoms with E-state index in [0.29, 0.717) is 0 Å². The molecule has 0 aliphatic carbocycles. The summed E-state index contributed by atoms with van der Waals surface area (Å²) in [4.78, 5) is 13.3. The predicted molar refractivity (Wildman–Crippen MR) is 79.8 cm³/mol. The number of carbonyl (C=O) groups excluding carboxylic acids is 1. The maximum Gasteiger partial charge on any atom is 0.234 e. The largest absolute Gasteiger partial charge is 0.490 e. The number of nitrogens with zero attached hydrogens (tertiary/aromatic N) is 1. The smallest absolute Gasteiger partial charge is 0.234 e. The van der Waals surface area contributed by atoms with Crippen molar-refractivity contribution in [3.05, 3.63) is 29.3 Å². The van der Waals surface area contributed by atoms with E-state index in [9.17, 15) is 4.79 Å². The summed E-state index contributed by atoms with van der Waals surface area (Å²) in [5.41, 5.74) is 7.88. The fraction of sp³-hybridized carbons (Fsp3) is 0.562. The second-order valence-corrected chi connectivity index (χ2v) is 5.68. The molecule has 1 aromatic carbocycles. The zero-order valence-corrected chi connectivity index (χ0v) is 12.6. The molecule has 20 heavy (non-hydrogen) atoms. The van der Waals surface area contributed by atoms with Crippen molar-refractivity contribution in [3.8, 4) is 5.75 Å². The molecule has 1 fully saturated rings. The summed E-state index contributed by atoms with van der Waals surface area (Å²) in [5.74, 6) is 0.688. The molecule has 0 radical (unpaired) electrons. The molecular formula is C16H24N2O2. The van der Waals surface area contributed by atoms with Crippen LogP contribution in [0.15, 0.2) is 18.2 Å². The molecule has 0 saturated carbocycles. The molecule has 0 aromatic heterocycles. The van der Waals surface area contributed by atoms with E-state index in [1.807, 2.05) is 13.0 Å². The molecular weight excluding hydrogens is 252 g/mol. The maximum absolute atomic E-state index is 11.2. The molecule has 1 amide bonds. The summed E-state index contributed by atoms with van der Waals surface area (Å²) in [6.07, 6.45) is 2.10.